The van der Waals surface area contributed by atoms with Crippen molar-refractivity contribution >= 4 is 10.1 Å². The van der Waals surface area contributed by atoms with Gasteiger partial charge in [0.1, 0.15) is 0 Å². The van der Waals surface area contributed by atoms with Crippen LogP contribution in [0.1, 0.15) is 19.4 Å². The Bertz CT molecular complexity index is 583. The van der Waals surface area contributed by atoms with Gasteiger partial charge in [-0.1, -0.05) is 18.2 Å². The van der Waals surface area contributed by atoms with Crippen molar-refractivity contribution in [2.24, 2.45) is 0 Å². The van der Waals surface area contributed by atoms with E-state index < -0.39 is 10.1 Å². The third-order valence-corrected chi connectivity index (χ3v) is 4.33. The Morgan fingerprint density at radius 3 is 2.42 bits per heavy atom. The molecule has 1 aromatic carbocycles. The summed E-state index contributed by atoms with van der Waals surface area (Å²) < 4.78 is 31.9. The molecule has 1 unspecified atom stereocenters. The second kappa shape index (κ2) is 5.22. The molecule has 0 saturated heterocycles. The summed E-state index contributed by atoms with van der Waals surface area (Å²) in [6, 6.07) is 6.52. The van der Waals surface area contributed by atoms with Crippen molar-refractivity contribution in [2.45, 2.75) is 31.5 Å². The molecule has 19 heavy (non-hydrogen) atoms. The van der Waals surface area contributed by atoms with E-state index in [-0.39, 0.29) is 11.1 Å². The Hall–Kier alpha value is -1.53. The highest BCUT2D eigenvalue weighted by Crippen LogP contribution is 2.22. The van der Waals surface area contributed by atoms with Gasteiger partial charge in [-0.05, 0) is 25.5 Å². The van der Waals surface area contributed by atoms with E-state index in [0.717, 1.165) is 6.54 Å². The SMILES string of the molecule is CCN1C=CN(Cc2ccccc2S(=O)(=O)O)C1C. The Morgan fingerprint density at radius 2 is 1.84 bits per heavy atom. The molecule has 0 fully saturated rings. The third-order valence-electron chi connectivity index (χ3n) is 3.38. The van der Waals surface area contributed by atoms with Crippen molar-refractivity contribution in [3.8, 4) is 0 Å². The number of rotatable bonds is 4. The van der Waals surface area contributed by atoms with E-state index in [9.17, 15) is 13.0 Å². The molecule has 1 aliphatic heterocycles. The summed E-state index contributed by atoms with van der Waals surface area (Å²) >= 11 is 0. The van der Waals surface area contributed by atoms with E-state index in [1.807, 2.05) is 17.3 Å². The maximum Gasteiger partial charge on any atom is 0.294 e. The average molecular weight is 282 g/mol. The van der Waals surface area contributed by atoms with Gasteiger partial charge in [0.15, 0.2) is 0 Å². The van der Waals surface area contributed by atoms with Crippen molar-refractivity contribution in [1.29, 1.82) is 0 Å². The summed E-state index contributed by atoms with van der Waals surface area (Å²) in [5.74, 6) is 0. The van der Waals surface area contributed by atoms with Gasteiger partial charge in [-0.15, -0.1) is 0 Å². The van der Waals surface area contributed by atoms with Gasteiger partial charge in [-0.3, -0.25) is 4.55 Å². The first-order chi connectivity index (χ1) is 8.93. The fourth-order valence-corrected chi connectivity index (χ4v) is 2.96. The van der Waals surface area contributed by atoms with Gasteiger partial charge < -0.3 is 9.80 Å². The molecular weight excluding hydrogens is 264 g/mol. The van der Waals surface area contributed by atoms with E-state index in [2.05, 4.69) is 18.7 Å². The monoisotopic (exact) mass is 282 g/mol. The van der Waals surface area contributed by atoms with Crippen molar-refractivity contribution in [3.63, 3.8) is 0 Å². The molecule has 1 atom stereocenters. The number of nitrogens with zero attached hydrogens (tertiary/aromatic N) is 2. The van der Waals surface area contributed by atoms with E-state index in [1.165, 1.54) is 6.07 Å². The molecule has 104 valence electrons. The van der Waals surface area contributed by atoms with Gasteiger partial charge in [-0.2, -0.15) is 8.42 Å². The first-order valence-electron chi connectivity index (χ1n) is 6.18. The summed E-state index contributed by atoms with van der Waals surface area (Å²) in [6.07, 6.45) is 4.11. The molecule has 2 rings (SSSR count). The van der Waals surface area contributed by atoms with Crippen LogP contribution >= 0.6 is 0 Å². The van der Waals surface area contributed by atoms with E-state index in [0.29, 0.717) is 12.1 Å². The standard InChI is InChI=1S/C13H18N2O3S/c1-3-14-8-9-15(11(14)2)10-12-6-4-5-7-13(12)19(16,17)18/h4-9,11H,3,10H2,1-2H3,(H,16,17,18). The highest BCUT2D eigenvalue weighted by atomic mass is 32.2. The Kier molecular flexibility index (Phi) is 3.82. The van der Waals surface area contributed by atoms with Crippen molar-refractivity contribution < 1.29 is 13.0 Å². The fraction of sp³-hybridized carbons (Fsp3) is 0.385. The third kappa shape index (κ3) is 2.90. The summed E-state index contributed by atoms with van der Waals surface area (Å²) in [5, 5.41) is 0. The van der Waals surface area contributed by atoms with Crippen LogP contribution in [0.5, 0.6) is 0 Å². The second-order valence-corrected chi connectivity index (χ2v) is 5.91. The molecule has 0 saturated carbocycles. The molecule has 0 aliphatic carbocycles. The molecule has 0 amide bonds. The molecule has 1 N–H and O–H groups in total. The van der Waals surface area contributed by atoms with Crippen LogP contribution in [0.2, 0.25) is 0 Å². The van der Waals surface area contributed by atoms with Crippen LogP contribution in [0.4, 0.5) is 0 Å². The van der Waals surface area contributed by atoms with Crippen LogP contribution in [0.3, 0.4) is 0 Å². The molecule has 5 nitrogen and oxygen atoms in total. The summed E-state index contributed by atoms with van der Waals surface area (Å²) in [4.78, 5) is 4.16. The Balaban J connectivity index is 2.24. The van der Waals surface area contributed by atoms with Gasteiger partial charge in [0.2, 0.25) is 0 Å². The van der Waals surface area contributed by atoms with Crippen LogP contribution in [-0.4, -0.2) is 35.5 Å². The molecule has 0 spiro atoms. The maximum atomic E-state index is 11.3. The Labute approximate surface area is 113 Å². The van der Waals surface area contributed by atoms with Crippen LogP contribution in [0.15, 0.2) is 41.6 Å². The molecule has 0 bridgehead atoms. The topological polar surface area (TPSA) is 60.9 Å². The van der Waals surface area contributed by atoms with Crippen LogP contribution in [0.25, 0.3) is 0 Å². The zero-order valence-electron chi connectivity index (χ0n) is 11.0. The van der Waals surface area contributed by atoms with E-state index in [1.54, 1.807) is 18.2 Å². The second-order valence-electron chi connectivity index (χ2n) is 4.52. The summed E-state index contributed by atoms with van der Waals surface area (Å²) in [5.41, 5.74) is 0.597. The lowest BCUT2D eigenvalue weighted by molar-refractivity contribution is 0.169. The van der Waals surface area contributed by atoms with E-state index >= 15 is 0 Å². The zero-order valence-corrected chi connectivity index (χ0v) is 11.8. The molecule has 1 aromatic rings. The minimum Gasteiger partial charge on any atom is -0.357 e. The van der Waals surface area contributed by atoms with Crippen LogP contribution in [0, 0.1) is 0 Å². The first-order valence-corrected chi connectivity index (χ1v) is 7.62. The number of hydrogen-bond donors (Lipinski definition) is 1. The van der Waals surface area contributed by atoms with Gasteiger partial charge in [-0.25, -0.2) is 0 Å². The summed E-state index contributed by atoms with van der Waals surface area (Å²) in [7, 11) is -4.18. The normalized spacial score (nSPS) is 19.2. The highest BCUT2D eigenvalue weighted by Gasteiger charge is 2.23. The summed E-state index contributed by atoms with van der Waals surface area (Å²) in [6.45, 7) is 5.47. The smallest absolute Gasteiger partial charge is 0.294 e. The Morgan fingerprint density at radius 1 is 1.21 bits per heavy atom. The minimum absolute atomic E-state index is 0.0226. The van der Waals surface area contributed by atoms with Crippen LogP contribution < -0.4 is 0 Å². The average Bonchev–Trinajstić information content (AvgIpc) is 2.70. The minimum atomic E-state index is -4.18. The number of hydrogen-bond acceptors (Lipinski definition) is 4. The van der Waals surface area contributed by atoms with Gasteiger partial charge in [0.25, 0.3) is 10.1 Å². The molecule has 0 radical (unpaired) electrons. The van der Waals surface area contributed by atoms with Crippen molar-refractivity contribution in [2.75, 3.05) is 6.54 Å². The highest BCUT2D eigenvalue weighted by molar-refractivity contribution is 7.85. The lowest BCUT2D eigenvalue weighted by atomic mass is 10.2. The van der Waals surface area contributed by atoms with Gasteiger partial charge in [0.05, 0.1) is 11.1 Å². The quantitative estimate of drug-likeness (QED) is 0.855. The molecule has 6 heteroatoms. The van der Waals surface area contributed by atoms with Crippen molar-refractivity contribution in [3.05, 3.63) is 42.2 Å². The van der Waals surface area contributed by atoms with Crippen LogP contribution in [-0.2, 0) is 16.7 Å². The predicted octanol–water partition coefficient (Wildman–Crippen LogP) is 1.89. The molecule has 1 aliphatic rings. The lowest BCUT2D eigenvalue weighted by Gasteiger charge is -2.29. The predicted molar refractivity (Wildman–Crippen MR) is 72.8 cm³/mol. The largest absolute Gasteiger partial charge is 0.357 e. The first kappa shape index (κ1) is 13.9. The maximum absolute atomic E-state index is 11.3. The van der Waals surface area contributed by atoms with Crippen molar-refractivity contribution in [1.82, 2.24) is 9.80 Å². The molecular formula is C13H18N2O3S. The van der Waals surface area contributed by atoms with Gasteiger partial charge in [0, 0.05) is 25.5 Å². The van der Waals surface area contributed by atoms with E-state index in [4.69, 9.17) is 0 Å². The number of benzene rings is 1. The zero-order chi connectivity index (χ0) is 14.0. The molecule has 1 heterocycles. The van der Waals surface area contributed by atoms with Gasteiger partial charge >= 0.3 is 0 Å². The fourth-order valence-electron chi connectivity index (χ4n) is 2.25. The lowest BCUT2D eigenvalue weighted by Crippen LogP contribution is -2.35. The molecule has 0 aromatic heterocycles.